The molecule has 5 aliphatic rings. The Bertz CT molecular complexity index is 891. The molecule has 33 heavy (non-hydrogen) atoms. The van der Waals surface area contributed by atoms with E-state index in [2.05, 4.69) is 48.5 Å². The minimum absolute atomic E-state index is 0.0172. The maximum Gasteiger partial charge on any atom is 0.144 e. The molecule has 5 aliphatic carbocycles. The molecule has 0 aromatic heterocycles. The van der Waals surface area contributed by atoms with Crippen LogP contribution in [-0.2, 0) is 9.59 Å². The maximum atomic E-state index is 13.6. The number of fused-ring (bicyclic) bond motifs is 7. The second-order valence-corrected chi connectivity index (χ2v) is 15.4. The lowest BCUT2D eigenvalue weighted by Crippen LogP contribution is -2.72. The lowest BCUT2D eigenvalue weighted by molar-refractivity contribution is -0.276. The van der Waals surface area contributed by atoms with E-state index in [1.165, 1.54) is 25.7 Å². The van der Waals surface area contributed by atoms with E-state index >= 15 is 0 Å². The highest BCUT2D eigenvalue weighted by atomic mass is 16.3. The predicted molar refractivity (Wildman–Crippen MR) is 132 cm³/mol. The van der Waals surface area contributed by atoms with E-state index in [0.717, 1.165) is 19.3 Å². The summed E-state index contributed by atoms with van der Waals surface area (Å²) in [4.78, 5) is 26.3. The van der Waals surface area contributed by atoms with Crippen LogP contribution >= 0.6 is 0 Å². The molecule has 0 amide bonds. The zero-order valence-corrected chi connectivity index (χ0v) is 22.5. The first-order valence-electron chi connectivity index (χ1n) is 13.8. The molecule has 0 aliphatic heterocycles. The Morgan fingerprint density at radius 2 is 1.33 bits per heavy atom. The topological polar surface area (TPSA) is 54.4 Å². The van der Waals surface area contributed by atoms with Crippen LogP contribution < -0.4 is 0 Å². The Morgan fingerprint density at radius 3 is 2.00 bits per heavy atom. The number of hydrogen-bond acceptors (Lipinski definition) is 3. The fourth-order valence-corrected chi connectivity index (χ4v) is 11.2. The molecule has 0 aromatic rings. The monoisotopic (exact) mass is 456 g/mol. The molecule has 3 nitrogen and oxygen atoms in total. The summed E-state index contributed by atoms with van der Waals surface area (Å²) in [6, 6.07) is 0. The molecule has 0 bridgehead atoms. The van der Waals surface area contributed by atoms with Crippen molar-refractivity contribution < 1.29 is 14.7 Å². The summed E-state index contributed by atoms with van der Waals surface area (Å²) in [6.45, 7) is 19.0. The van der Waals surface area contributed by atoms with E-state index in [-0.39, 0.29) is 52.0 Å². The van der Waals surface area contributed by atoms with Crippen molar-refractivity contribution in [2.24, 2.45) is 56.2 Å². The third kappa shape index (κ3) is 2.84. The minimum atomic E-state index is -0.442. The number of rotatable bonds is 0. The van der Waals surface area contributed by atoms with E-state index in [1.54, 1.807) is 0 Å². The van der Waals surface area contributed by atoms with Crippen molar-refractivity contribution in [1.82, 2.24) is 0 Å². The van der Waals surface area contributed by atoms with Gasteiger partial charge in [-0.1, -0.05) is 55.4 Å². The molecule has 0 heterocycles. The lowest BCUT2D eigenvalue weighted by atomic mass is 9.29. The summed E-state index contributed by atoms with van der Waals surface area (Å²) in [6.07, 6.45) is 8.70. The molecular formula is C30H48O3. The van der Waals surface area contributed by atoms with Crippen LogP contribution in [0, 0.1) is 56.2 Å². The van der Waals surface area contributed by atoms with Gasteiger partial charge in [-0.2, -0.15) is 0 Å². The second-order valence-electron chi connectivity index (χ2n) is 15.4. The molecule has 186 valence electrons. The Hall–Kier alpha value is -0.700. The van der Waals surface area contributed by atoms with Gasteiger partial charge in [0.1, 0.15) is 11.6 Å². The van der Waals surface area contributed by atoms with E-state index in [0.29, 0.717) is 23.2 Å². The highest BCUT2D eigenvalue weighted by molar-refractivity contribution is 6.04. The maximum absolute atomic E-state index is 13.6. The number of hydrogen-bond donors (Lipinski definition) is 1. The Kier molecular flexibility index (Phi) is 4.90. The van der Waals surface area contributed by atoms with Crippen molar-refractivity contribution in [3.63, 3.8) is 0 Å². The van der Waals surface area contributed by atoms with Crippen molar-refractivity contribution in [2.75, 3.05) is 0 Å². The molecule has 10 atom stereocenters. The zero-order valence-electron chi connectivity index (χ0n) is 22.5. The van der Waals surface area contributed by atoms with E-state index < -0.39 is 11.5 Å². The fraction of sp³-hybridized carbons (Fsp3) is 0.933. The Labute approximate surface area is 201 Å². The summed E-state index contributed by atoms with van der Waals surface area (Å²) in [7, 11) is 0. The van der Waals surface area contributed by atoms with Crippen molar-refractivity contribution in [3.8, 4) is 0 Å². The molecular weight excluding hydrogens is 408 g/mol. The lowest BCUT2D eigenvalue weighted by Gasteiger charge is -2.75. The molecule has 0 saturated heterocycles. The standard InChI is InChI=1S/C30H48O3/c1-18-19(31)15-20(32)23-27(5)12-14-29(7)22-17-25(2,3)9-10-26(22,4)11-13-30(29,8)24(27)21(33)16-28(18,23)6/h18,21-24,33H,9-17H2,1-8H3. The van der Waals surface area contributed by atoms with Gasteiger partial charge in [0.15, 0.2) is 0 Å². The van der Waals surface area contributed by atoms with Crippen LogP contribution in [0.5, 0.6) is 0 Å². The van der Waals surface area contributed by atoms with E-state index in [1.807, 2.05) is 6.92 Å². The third-order valence-corrected chi connectivity index (χ3v) is 13.3. The van der Waals surface area contributed by atoms with Gasteiger partial charge in [-0.25, -0.2) is 0 Å². The molecule has 0 spiro atoms. The summed E-state index contributed by atoms with van der Waals surface area (Å²) in [5, 5.41) is 11.9. The van der Waals surface area contributed by atoms with E-state index in [9.17, 15) is 14.7 Å². The molecule has 10 unspecified atom stereocenters. The normalized spacial score (nSPS) is 58.0. The number of carbonyl (C=O) groups excluding carboxylic acids is 2. The predicted octanol–water partition coefficient (Wildman–Crippen LogP) is 6.61. The van der Waals surface area contributed by atoms with Gasteiger partial charge in [-0.05, 0) is 95.7 Å². The third-order valence-electron chi connectivity index (χ3n) is 13.3. The van der Waals surface area contributed by atoms with Gasteiger partial charge in [0.25, 0.3) is 0 Å². The highest BCUT2D eigenvalue weighted by Gasteiger charge is 2.74. The average Bonchev–Trinajstić information content (AvgIpc) is 2.69. The molecule has 5 saturated carbocycles. The SMILES string of the molecule is CC1C(=O)CC(=O)C2C1(C)CC(O)C1C2(C)CCC2(C)C3CC(C)(C)CCC3(C)CCC12C. The first-order valence-corrected chi connectivity index (χ1v) is 13.8. The van der Waals surface area contributed by atoms with Crippen LogP contribution in [0.4, 0.5) is 0 Å². The van der Waals surface area contributed by atoms with Crippen molar-refractivity contribution in [3.05, 3.63) is 0 Å². The van der Waals surface area contributed by atoms with Crippen LogP contribution in [0.25, 0.3) is 0 Å². The fourth-order valence-electron chi connectivity index (χ4n) is 11.2. The number of Topliss-reactive ketones (excluding diaryl/α,β-unsaturated/α-hetero) is 2. The van der Waals surface area contributed by atoms with Crippen LogP contribution in [0.1, 0.15) is 113 Å². The first kappa shape index (κ1) is 24.0. The van der Waals surface area contributed by atoms with Crippen LogP contribution in [0.15, 0.2) is 0 Å². The number of ketones is 2. The molecule has 5 fully saturated rings. The summed E-state index contributed by atoms with van der Waals surface area (Å²) in [5.74, 6) is 0.774. The minimum Gasteiger partial charge on any atom is -0.393 e. The van der Waals surface area contributed by atoms with Crippen LogP contribution in [0.3, 0.4) is 0 Å². The Morgan fingerprint density at radius 1 is 0.727 bits per heavy atom. The number of aliphatic hydroxyl groups is 1. The van der Waals surface area contributed by atoms with Crippen molar-refractivity contribution in [2.45, 2.75) is 119 Å². The average molecular weight is 457 g/mol. The van der Waals surface area contributed by atoms with Gasteiger partial charge in [-0.15, -0.1) is 0 Å². The van der Waals surface area contributed by atoms with Gasteiger partial charge in [0.2, 0.25) is 0 Å². The molecule has 0 aromatic carbocycles. The number of aliphatic hydroxyl groups excluding tert-OH is 1. The van der Waals surface area contributed by atoms with Gasteiger partial charge < -0.3 is 5.11 Å². The van der Waals surface area contributed by atoms with Gasteiger partial charge >= 0.3 is 0 Å². The first-order chi connectivity index (χ1) is 15.0. The van der Waals surface area contributed by atoms with Crippen LogP contribution in [-0.4, -0.2) is 22.8 Å². The van der Waals surface area contributed by atoms with Crippen LogP contribution in [0.2, 0.25) is 0 Å². The summed E-state index contributed by atoms with van der Waals surface area (Å²) >= 11 is 0. The smallest absolute Gasteiger partial charge is 0.144 e. The van der Waals surface area contributed by atoms with Gasteiger partial charge in [0.05, 0.1) is 12.5 Å². The number of carbonyl (C=O) groups is 2. The summed E-state index contributed by atoms with van der Waals surface area (Å²) in [5.41, 5.74) is 0.319. The van der Waals surface area contributed by atoms with Crippen molar-refractivity contribution in [1.29, 1.82) is 0 Å². The molecule has 3 heteroatoms. The molecule has 0 radical (unpaired) electrons. The zero-order chi connectivity index (χ0) is 24.4. The van der Waals surface area contributed by atoms with Gasteiger partial charge in [0, 0.05) is 11.8 Å². The largest absolute Gasteiger partial charge is 0.393 e. The quantitative estimate of drug-likeness (QED) is 0.417. The summed E-state index contributed by atoms with van der Waals surface area (Å²) < 4.78 is 0. The Balaban J connectivity index is 1.61. The molecule has 1 N–H and O–H groups in total. The van der Waals surface area contributed by atoms with E-state index in [4.69, 9.17) is 0 Å². The van der Waals surface area contributed by atoms with Gasteiger partial charge in [-0.3, -0.25) is 9.59 Å². The second kappa shape index (κ2) is 6.74. The van der Waals surface area contributed by atoms with Crippen molar-refractivity contribution >= 4 is 11.6 Å². The highest BCUT2D eigenvalue weighted by Crippen LogP contribution is 2.78. The molecule has 5 rings (SSSR count).